The van der Waals surface area contributed by atoms with Crippen molar-refractivity contribution < 1.29 is 8.42 Å². The highest BCUT2D eigenvalue weighted by Crippen LogP contribution is 2.35. The second kappa shape index (κ2) is 2.38. The highest BCUT2D eigenvalue weighted by Gasteiger charge is 2.30. The molecule has 0 spiro atoms. The predicted octanol–water partition coefficient (Wildman–Crippen LogP) is 0.548. The number of hydrogen-bond donors (Lipinski definition) is 1. The summed E-state index contributed by atoms with van der Waals surface area (Å²) in [5.41, 5.74) is 7.62. The molecular weight excluding hydrogens is 188 g/mol. The molecule has 2 N–H and O–H groups in total. The Hall–Kier alpha value is -1.23. The van der Waals surface area contributed by atoms with E-state index in [4.69, 9.17) is 5.73 Å². The molecule has 0 saturated heterocycles. The minimum atomic E-state index is -3.15. The van der Waals surface area contributed by atoms with Crippen molar-refractivity contribution in [2.75, 3.05) is 17.1 Å². The molecule has 1 aromatic rings. The van der Waals surface area contributed by atoms with E-state index < -0.39 is 10.0 Å². The van der Waals surface area contributed by atoms with Gasteiger partial charge in [-0.25, -0.2) is 8.42 Å². The van der Waals surface area contributed by atoms with Gasteiger partial charge in [0.15, 0.2) is 0 Å². The van der Waals surface area contributed by atoms with Crippen molar-refractivity contribution in [3.05, 3.63) is 23.8 Å². The molecule has 2 rings (SSSR count). The molecule has 1 heterocycles. The van der Waals surface area contributed by atoms with Crippen molar-refractivity contribution in [2.45, 2.75) is 5.75 Å². The molecule has 0 aromatic heterocycles. The number of nitrogen functional groups attached to an aromatic ring is 1. The summed E-state index contributed by atoms with van der Waals surface area (Å²) in [4.78, 5) is 0. The highest BCUT2D eigenvalue weighted by molar-refractivity contribution is 7.92. The van der Waals surface area contributed by atoms with Gasteiger partial charge in [0.05, 0.1) is 11.4 Å². The van der Waals surface area contributed by atoms with Crippen LogP contribution in [-0.2, 0) is 15.8 Å². The van der Waals surface area contributed by atoms with Crippen LogP contribution in [0.1, 0.15) is 5.56 Å². The van der Waals surface area contributed by atoms with E-state index in [9.17, 15) is 8.42 Å². The van der Waals surface area contributed by atoms with Gasteiger partial charge in [-0.1, -0.05) is 6.07 Å². The maximum Gasteiger partial charge on any atom is 0.239 e. The van der Waals surface area contributed by atoms with Crippen molar-refractivity contribution in [3.8, 4) is 0 Å². The zero-order chi connectivity index (χ0) is 9.64. The summed E-state index contributed by atoms with van der Waals surface area (Å²) >= 11 is 0. The Morgan fingerprint density at radius 3 is 2.77 bits per heavy atom. The van der Waals surface area contributed by atoms with Gasteiger partial charge in [-0.05, 0) is 12.1 Å². The molecule has 0 aliphatic carbocycles. The third-order valence-electron chi connectivity index (χ3n) is 2.27. The molecule has 1 aliphatic rings. The molecule has 1 aromatic carbocycles. The molecule has 0 radical (unpaired) electrons. The average Bonchev–Trinajstić information content (AvgIpc) is 2.28. The molecule has 1 aliphatic heterocycles. The predicted molar refractivity (Wildman–Crippen MR) is 51.9 cm³/mol. The van der Waals surface area contributed by atoms with Gasteiger partial charge in [0.25, 0.3) is 0 Å². The molecule has 0 amide bonds. The fourth-order valence-corrected chi connectivity index (χ4v) is 2.82. The molecular formula is C8H10N2O2S. The van der Waals surface area contributed by atoms with Gasteiger partial charge < -0.3 is 5.73 Å². The van der Waals surface area contributed by atoms with Gasteiger partial charge in [-0.3, -0.25) is 4.31 Å². The first-order chi connectivity index (χ1) is 6.02. The van der Waals surface area contributed by atoms with Crippen LogP contribution in [-0.4, -0.2) is 15.5 Å². The van der Waals surface area contributed by atoms with E-state index in [-0.39, 0.29) is 5.75 Å². The van der Waals surface area contributed by atoms with Gasteiger partial charge in [0, 0.05) is 18.3 Å². The Bertz CT molecular complexity index is 453. The van der Waals surface area contributed by atoms with Crippen LogP contribution in [0, 0.1) is 0 Å². The Morgan fingerprint density at radius 1 is 1.46 bits per heavy atom. The van der Waals surface area contributed by atoms with Gasteiger partial charge >= 0.3 is 0 Å². The summed E-state index contributed by atoms with van der Waals surface area (Å²) in [7, 11) is -1.61. The van der Waals surface area contributed by atoms with E-state index in [1.165, 1.54) is 4.31 Å². The number of sulfonamides is 1. The van der Waals surface area contributed by atoms with E-state index in [0.717, 1.165) is 0 Å². The molecule has 4 nitrogen and oxygen atoms in total. The summed E-state index contributed by atoms with van der Waals surface area (Å²) in [5.74, 6) is 0.0194. The van der Waals surface area contributed by atoms with Crippen molar-refractivity contribution in [1.82, 2.24) is 0 Å². The first kappa shape index (κ1) is 8.37. The molecule has 0 atom stereocenters. The Morgan fingerprint density at radius 2 is 2.15 bits per heavy atom. The van der Waals surface area contributed by atoms with E-state index in [0.29, 0.717) is 16.9 Å². The van der Waals surface area contributed by atoms with E-state index in [1.54, 1.807) is 25.2 Å². The maximum absolute atomic E-state index is 11.4. The fraction of sp³-hybridized carbons (Fsp3) is 0.250. The lowest BCUT2D eigenvalue weighted by atomic mass is 10.1. The summed E-state index contributed by atoms with van der Waals surface area (Å²) in [6.45, 7) is 0. The van der Waals surface area contributed by atoms with E-state index in [1.807, 2.05) is 0 Å². The smallest absolute Gasteiger partial charge is 0.239 e. The third-order valence-corrected chi connectivity index (χ3v) is 3.96. The quantitative estimate of drug-likeness (QED) is 0.619. The number of benzene rings is 1. The number of nitrogens with two attached hydrogens (primary N) is 1. The topological polar surface area (TPSA) is 63.4 Å². The monoisotopic (exact) mass is 198 g/mol. The standard InChI is InChI=1S/C8H10N2O2S/c1-10-8-4-2-3-7(9)6(8)5-13(10,11)12/h2-4H,5,9H2,1H3. The normalized spacial score (nSPS) is 18.7. The molecule has 0 bridgehead atoms. The molecule has 0 fully saturated rings. The lowest BCUT2D eigenvalue weighted by Gasteiger charge is -2.10. The summed E-state index contributed by atoms with van der Waals surface area (Å²) in [6.07, 6.45) is 0. The largest absolute Gasteiger partial charge is 0.398 e. The Labute approximate surface area is 77.0 Å². The van der Waals surface area contributed by atoms with Gasteiger partial charge in [0.1, 0.15) is 0 Å². The molecule has 0 saturated carbocycles. The lowest BCUT2D eigenvalue weighted by Crippen LogP contribution is -2.20. The van der Waals surface area contributed by atoms with Crippen LogP contribution in [0.15, 0.2) is 18.2 Å². The molecule has 70 valence electrons. The van der Waals surface area contributed by atoms with Crippen LogP contribution in [0.25, 0.3) is 0 Å². The lowest BCUT2D eigenvalue weighted by molar-refractivity contribution is 0.596. The van der Waals surface area contributed by atoms with Gasteiger partial charge in [-0.2, -0.15) is 0 Å². The fourth-order valence-electron chi connectivity index (χ4n) is 1.47. The Balaban J connectivity index is 2.69. The van der Waals surface area contributed by atoms with Crippen LogP contribution < -0.4 is 10.0 Å². The summed E-state index contributed by atoms with van der Waals surface area (Å²) in [6, 6.07) is 5.23. The van der Waals surface area contributed by atoms with Gasteiger partial charge in [-0.15, -0.1) is 0 Å². The van der Waals surface area contributed by atoms with Crippen LogP contribution >= 0.6 is 0 Å². The molecule has 5 heteroatoms. The second-order valence-corrected chi connectivity index (χ2v) is 5.07. The minimum absolute atomic E-state index is 0.0194. The number of rotatable bonds is 0. The van der Waals surface area contributed by atoms with Crippen molar-refractivity contribution in [1.29, 1.82) is 0 Å². The first-order valence-corrected chi connectivity index (χ1v) is 5.47. The van der Waals surface area contributed by atoms with Crippen LogP contribution in [0.2, 0.25) is 0 Å². The highest BCUT2D eigenvalue weighted by atomic mass is 32.2. The van der Waals surface area contributed by atoms with Crippen molar-refractivity contribution >= 4 is 21.4 Å². The number of nitrogens with zero attached hydrogens (tertiary/aromatic N) is 1. The summed E-state index contributed by atoms with van der Waals surface area (Å²) in [5, 5.41) is 0. The zero-order valence-electron chi connectivity index (χ0n) is 7.19. The minimum Gasteiger partial charge on any atom is -0.398 e. The summed E-state index contributed by atoms with van der Waals surface area (Å²) < 4.78 is 24.2. The third kappa shape index (κ3) is 1.07. The maximum atomic E-state index is 11.4. The van der Waals surface area contributed by atoms with Crippen LogP contribution in [0.3, 0.4) is 0 Å². The Kier molecular flexibility index (Phi) is 1.53. The molecule has 13 heavy (non-hydrogen) atoms. The van der Waals surface area contributed by atoms with Crippen LogP contribution in [0.5, 0.6) is 0 Å². The second-order valence-electron chi connectivity index (χ2n) is 3.07. The van der Waals surface area contributed by atoms with Crippen molar-refractivity contribution in [3.63, 3.8) is 0 Å². The van der Waals surface area contributed by atoms with Gasteiger partial charge in [0.2, 0.25) is 10.0 Å². The van der Waals surface area contributed by atoms with E-state index >= 15 is 0 Å². The number of hydrogen-bond acceptors (Lipinski definition) is 3. The number of anilines is 2. The first-order valence-electron chi connectivity index (χ1n) is 3.86. The SMILES string of the molecule is CN1c2cccc(N)c2CS1(=O)=O. The van der Waals surface area contributed by atoms with Crippen LogP contribution in [0.4, 0.5) is 11.4 Å². The molecule has 0 unspecified atom stereocenters. The van der Waals surface area contributed by atoms with E-state index in [2.05, 4.69) is 0 Å². The number of fused-ring (bicyclic) bond motifs is 1. The van der Waals surface area contributed by atoms with Crippen molar-refractivity contribution in [2.24, 2.45) is 0 Å². The zero-order valence-corrected chi connectivity index (χ0v) is 8.00. The average molecular weight is 198 g/mol.